The largest absolute Gasteiger partial charge is 0.497 e. The molecule has 0 amide bonds. The van der Waals surface area contributed by atoms with Crippen LogP contribution in [0, 0.1) is 0 Å². The molecule has 101 valence electrons. The Hall–Kier alpha value is -2.42. The predicted octanol–water partition coefficient (Wildman–Crippen LogP) is 2.70. The summed E-state index contributed by atoms with van der Waals surface area (Å²) in [7, 11) is 1.57. The van der Waals surface area contributed by atoms with Crippen molar-refractivity contribution in [3.8, 4) is 5.75 Å². The lowest BCUT2D eigenvalue weighted by atomic mass is 9.92. The summed E-state index contributed by atoms with van der Waals surface area (Å²) >= 11 is 0. The maximum absolute atomic E-state index is 12.2. The molecule has 20 heavy (non-hydrogen) atoms. The average molecular weight is 267 g/mol. The van der Waals surface area contributed by atoms with Crippen LogP contribution in [0.5, 0.6) is 5.75 Å². The minimum absolute atomic E-state index is 0.156. The number of ether oxygens (including phenoxy) is 1. The zero-order valence-electron chi connectivity index (χ0n) is 11.2. The van der Waals surface area contributed by atoms with Gasteiger partial charge in [-0.25, -0.2) is 0 Å². The topological polar surface area (TPSA) is 43.4 Å². The molecule has 0 aliphatic rings. The van der Waals surface area contributed by atoms with Crippen LogP contribution < -0.4 is 4.74 Å². The molecule has 2 aromatic carbocycles. The molecule has 1 atom stereocenters. The van der Waals surface area contributed by atoms with E-state index in [1.54, 1.807) is 31.4 Å². The van der Waals surface area contributed by atoms with E-state index in [-0.39, 0.29) is 12.2 Å². The highest BCUT2D eigenvalue weighted by Gasteiger charge is 2.20. The van der Waals surface area contributed by atoms with Crippen LogP contribution in [0.1, 0.15) is 17.0 Å². The molecule has 2 aromatic rings. The molecule has 0 fully saturated rings. The van der Waals surface area contributed by atoms with Crippen molar-refractivity contribution < 1.29 is 14.3 Å². The van der Waals surface area contributed by atoms with Gasteiger partial charge in [-0.15, -0.1) is 0 Å². The van der Waals surface area contributed by atoms with E-state index in [4.69, 9.17) is 4.74 Å². The van der Waals surface area contributed by atoms with Crippen LogP contribution >= 0.6 is 0 Å². The van der Waals surface area contributed by atoms with Crippen LogP contribution in [0.25, 0.3) is 0 Å². The predicted molar refractivity (Wildman–Crippen MR) is 76.6 cm³/mol. The molecule has 1 radical (unpaired) electrons. The molecule has 3 nitrogen and oxygen atoms in total. The van der Waals surface area contributed by atoms with Crippen molar-refractivity contribution in [2.24, 2.45) is 0 Å². The van der Waals surface area contributed by atoms with Gasteiger partial charge in [0, 0.05) is 6.42 Å². The quantitative estimate of drug-likeness (QED) is 0.756. The first-order chi connectivity index (χ1) is 9.74. The molecule has 0 saturated carbocycles. The molecule has 0 N–H and O–H groups in total. The summed E-state index contributed by atoms with van der Waals surface area (Å²) in [5.74, 6) is -0.314. The minimum Gasteiger partial charge on any atom is -0.497 e. The van der Waals surface area contributed by atoms with Crippen LogP contribution in [0.15, 0.2) is 54.6 Å². The van der Waals surface area contributed by atoms with E-state index in [0.717, 1.165) is 5.56 Å². The van der Waals surface area contributed by atoms with Gasteiger partial charge in [-0.2, -0.15) is 0 Å². The molecule has 1 unspecified atom stereocenters. The van der Waals surface area contributed by atoms with Gasteiger partial charge < -0.3 is 4.74 Å². The molecule has 0 heterocycles. The molecule has 0 bridgehead atoms. The maximum atomic E-state index is 12.2. The Labute approximate surface area is 118 Å². The summed E-state index contributed by atoms with van der Waals surface area (Å²) in [5.41, 5.74) is 1.54. The number of benzene rings is 2. The first-order valence-corrected chi connectivity index (χ1v) is 6.33. The second-order valence-corrected chi connectivity index (χ2v) is 4.45. The van der Waals surface area contributed by atoms with Gasteiger partial charge in [-0.1, -0.05) is 42.5 Å². The molecule has 0 aliphatic heterocycles. The number of carbonyl (C=O) groups is 1. The van der Waals surface area contributed by atoms with E-state index in [1.165, 1.54) is 0 Å². The highest BCUT2D eigenvalue weighted by molar-refractivity contribution is 6.00. The molecular formula is C17H15O3. The van der Waals surface area contributed by atoms with Gasteiger partial charge in [0.15, 0.2) is 5.78 Å². The lowest BCUT2D eigenvalue weighted by molar-refractivity contribution is -0.118. The Morgan fingerprint density at radius 2 is 1.75 bits per heavy atom. The Kier molecular flexibility index (Phi) is 4.66. The summed E-state index contributed by atoms with van der Waals surface area (Å²) in [4.78, 5) is 23.3. The van der Waals surface area contributed by atoms with E-state index in [1.807, 2.05) is 36.6 Å². The maximum Gasteiger partial charge on any atom is 0.214 e. The highest BCUT2D eigenvalue weighted by Crippen LogP contribution is 2.20. The smallest absolute Gasteiger partial charge is 0.214 e. The Balaban J connectivity index is 2.14. The normalized spacial score (nSPS) is 11.7. The number of Topliss-reactive ketones (excluding diaryl/α,β-unsaturated/α-hetero) is 1. The van der Waals surface area contributed by atoms with E-state index < -0.39 is 5.92 Å². The van der Waals surface area contributed by atoms with Crippen molar-refractivity contribution in [1.82, 2.24) is 0 Å². The van der Waals surface area contributed by atoms with Gasteiger partial charge in [0.2, 0.25) is 6.29 Å². The van der Waals surface area contributed by atoms with Crippen molar-refractivity contribution >= 4 is 12.1 Å². The minimum atomic E-state index is -0.846. The number of methoxy groups -OCH3 is 1. The lowest BCUT2D eigenvalue weighted by Crippen LogP contribution is -2.16. The van der Waals surface area contributed by atoms with Gasteiger partial charge in [-0.3, -0.25) is 9.59 Å². The van der Waals surface area contributed by atoms with Crippen molar-refractivity contribution in [3.05, 3.63) is 65.7 Å². The molecule has 0 aliphatic carbocycles. The van der Waals surface area contributed by atoms with Crippen molar-refractivity contribution in [2.45, 2.75) is 12.3 Å². The van der Waals surface area contributed by atoms with Crippen LogP contribution in [-0.4, -0.2) is 19.2 Å². The summed E-state index contributed by atoms with van der Waals surface area (Å²) in [6.45, 7) is 0. The first-order valence-electron chi connectivity index (χ1n) is 6.33. The zero-order chi connectivity index (χ0) is 14.4. The number of hydrogen-bond acceptors (Lipinski definition) is 3. The van der Waals surface area contributed by atoms with Crippen molar-refractivity contribution in [2.75, 3.05) is 7.11 Å². The van der Waals surface area contributed by atoms with E-state index in [0.29, 0.717) is 11.3 Å². The van der Waals surface area contributed by atoms with Crippen LogP contribution in [-0.2, 0) is 16.0 Å². The Bertz CT molecular complexity index is 573. The third-order valence-electron chi connectivity index (χ3n) is 3.11. The second-order valence-electron chi connectivity index (χ2n) is 4.45. The molecule has 0 spiro atoms. The summed E-state index contributed by atoms with van der Waals surface area (Å²) < 4.78 is 5.06. The molecule has 3 heteroatoms. The van der Waals surface area contributed by atoms with Gasteiger partial charge in [-0.05, 0) is 23.3 Å². The highest BCUT2D eigenvalue weighted by atomic mass is 16.5. The monoisotopic (exact) mass is 267 g/mol. The van der Waals surface area contributed by atoms with Crippen LogP contribution in [0.3, 0.4) is 0 Å². The first kappa shape index (κ1) is 14.0. The Morgan fingerprint density at radius 1 is 1.10 bits per heavy atom. The fraction of sp³-hybridized carbons (Fsp3) is 0.176. The van der Waals surface area contributed by atoms with Crippen LogP contribution in [0.2, 0.25) is 0 Å². The lowest BCUT2D eigenvalue weighted by Gasteiger charge is -2.10. The van der Waals surface area contributed by atoms with Crippen molar-refractivity contribution in [3.63, 3.8) is 0 Å². The molecule has 0 saturated heterocycles. The van der Waals surface area contributed by atoms with Gasteiger partial charge in [0.05, 0.1) is 7.11 Å². The SMILES string of the molecule is COc1ccc(C([C]=O)C(=O)Cc2ccccc2)cc1. The summed E-state index contributed by atoms with van der Waals surface area (Å²) in [6.07, 6.45) is 2.06. The fourth-order valence-corrected chi connectivity index (χ4v) is 2.02. The van der Waals surface area contributed by atoms with E-state index in [2.05, 4.69) is 0 Å². The van der Waals surface area contributed by atoms with Gasteiger partial charge in [0.25, 0.3) is 0 Å². The van der Waals surface area contributed by atoms with E-state index in [9.17, 15) is 9.59 Å². The third-order valence-corrected chi connectivity index (χ3v) is 3.11. The van der Waals surface area contributed by atoms with Gasteiger partial charge >= 0.3 is 0 Å². The van der Waals surface area contributed by atoms with Crippen LogP contribution in [0.4, 0.5) is 0 Å². The van der Waals surface area contributed by atoms with Crippen molar-refractivity contribution in [1.29, 1.82) is 0 Å². The molecule has 0 aromatic heterocycles. The van der Waals surface area contributed by atoms with E-state index >= 15 is 0 Å². The Morgan fingerprint density at radius 3 is 2.30 bits per heavy atom. The zero-order valence-corrected chi connectivity index (χ0v) is 11.2. The summed E-state index contributed by atoms with van der Waals surface area (Å²) in [6, 6.07) is 16.3. The molecular weight excluding hydrogens is 252 g/mol. The average Bonchev–Trinajstić information content (AvgIpc) is 2.49. The van der Waals surface area contributed by atoms with Gasteiger partial charge in [0.1, 0.15) is 11.7 Å². The number of carbonyl (C=O) groups excluding carboxylic acids is 2. The molecule has 2 rings (SSSR count). The number of ketones is 1. The third kappa shape index (κ3) is 3.32. The summed E-state index contributed by atoms with van der Waals surface area (Å²) in [5, 5.41) is 0. The number of rotatable bonds is 6. The fourth-order valence-electron chi connectivity index (χ4n) is 2.02. The second kappa shape index (κ2) is 6.66. The standard InChI is InChI=1S/C17H15O3/c1-20-15-9-7-14(8-10-15)16(12-18)17(19)11-13-5-3-2-4-6-13/h2-10,16H,11H2,1H3. The number of hydrogen-bond donors (Lipinski definition) is 0.